The largest absolute Gasteiger partial charge is 0.464 e. The van der Waals surface area contributed by atoms with Crippen molar-refractivity contribution in [3.8, 4) is 6.01 Å². The summed E-state index contributed by atoms with van der Waals surface area (Å²) in [6.07, 6.45) is 0.164. The molecule has 0 spiro atoms. The normalized spacial score (nSPS) is 20.4. The molecule has 0 bridgehead atoms. The number of aromatic nitrogens is 3. The van der Waals surface area contributed by atoms with Gasteiger partial charge in [-0.3, -0.25) is 0 Å². The fourth-order valence-corrected chi connectivity index (χ4v) is 1.70. The third-order valence-electron chi connectivity index (χ3n) is 2.42. The van der Waals surface area contributed by atoms with E-state index in [0.29, 0.717) is 19.2 Å². The molecule has 7 nitrogen and oxygen atoms in total. The first-order valence-electron chi connectivity index (χ1n) is 5.70. The van der Waals surface area contributed by atoms with Crippen molar-refractivity contribution in [2.24, 2.45) is 0 Å². The van der Waals surface area contributed by atoms with Gasteiger partial charge in [-0.25, -0.2) is 0 Å². The standard InChI is InChI=1S/C10H17N5O2/c1-3-16-10-13-8(11)12-9(14-10)15-4-5-17-7(2)6-15/h7H,3-6H2,1-2H3,(H2,11,12,13,14). The molecular formula is C10H17N5O2. The molecule has 2 heterocycles. The Labute approximate surface area is 100.0 Å². The van der Waals surface area contributed by atoms with Gasteiger partial charge < -0.3 is 20.1 Å². The molecule has 1 aromatic rings. The van der Waals surface area contributed by atoms with Crippen LogP contribution in [0.25, 0.3) is 0 Å². The molecule has 1 fully saturated rings. The summed E-state index contributed by atoms with van der Waals surface area (Å²) in [6.45, 7) is 6.55. The van der Waals surface area contributed by atoms with Gasteiger partial charge in [0, 0.05) is 13.1 Å². The van der Waals surface area contributed by atoms with E-state index in [4.69, 9.17) is 15.2 Å². The zero-order valence-electron chi connectivity index (χ0n) is 10.1. The Bertz CT molecular complexity index is 387. The van der Waals surface area contributed by atoms with Crippen molar-refractivity contribution in [1.29, 1.82) is 0 Å². The summed E-state index contributed by atoms with van der Waals surface area (Å²) in [5.74, 6) is 0.730. The molecule has 1 aromatic heterocycles. The van der Waals surface area contributed by atoms with Crippen LogP contribution in [0.2, 0.25) is 0 Å². The number of ether oxygens (including phenoxy) is 2. The Morgan fingerprint density at radius 3 is 3.00 bits per heavy atom. The van der Waals surface area contributed by atoms with E-state index < -0.39 is 0 Å². The SMILES string of the molecule is CCOc1nc(N)nc(N2CCOC(C)C2)n1. The summed E-state index contributed by atoms with van der Waals surface area (Å²) >= 11 is 0. The quantitative estimate of drug-likeness (QED) is 0.799. The maximum Gasteiger partial charge on any atom is 0.323 e. The second-order valence-corrected chi connectivity index (χ2v) is 3.84. The topological polar surface area (TPSA) is 86.4 Å². The van der Waals surface area contributed by atoms with Crippen LogP contribution in [0, 0.1) is 0 Å². The Morgan fingerprint density at radius 1 is 1.47 bits per heavy atom. The lowest BCUT2D eigenvalue weighted by Crippen LogP contribution is -2.42. The highest BCUT2D eigenvalue weighted by atomic mass is 16.5. The number of anilines is 2. The highest BCUT2D eigenvalue weighted by Crippen LogP contribution is 2.16. The van der Waals surface area contributed by atoms with Crippen molar-refractivity contribution in [2.45, 2.75) is 20.0 Å². The molecule has 1 unspecified atom stereocenters. The number of hydrogen-bond donors (Lipinski definition) is 1. The van der Waals surface area contributed by atoms with Crippen molar-refractivity contribution in [3.05, 3.63) is 0 Å². The highest BCUT2D eigenvalue weighted by Gasteiger charge is 2.20. The van der Waals surface area contributed by atoms with E-state index in [-0.39, 0.29) is 18.1 Å². The molecule has 1 saturated heterocycles. The Morgan fingerprint density at radius 2 is 2.29 bits per heavy atom. The van der Waals surface area contributed by atoms with Crippen LogP contribution in [0.3, 0.4) is 0 Å². The minimum absolute atomic E-state index is 0.164. The van der Waals surface area contributed by atoms with Gasteiger partial charge in [0.05, 0.1) is 19.3 Å². The number of nitrogen functional groups attached to an aromatic ring is 1. The lowest BCUT2D eigenvalue weighted by Gasteiger charge is -2.31. The van der Waals surface area contributed by atoms with Crippen LogP contribution in [0.15, 0.2) is 0 Å². The molecule has 1 aliphatic rings. The maximum atomic E-state index is 5.63. The first kappa shape index (κ1) is 11.8. The van der Waals surface area contributed by atoms with Gasteiger partial charge in [0.15, 0.2) is 0 Å². The van der Waals surface area contributed by atoms with Gasteiger partial charge in [-0.1, -0.05) is 0 Å². The van der Waals surface area contributed by atoms with E-state index >= 15 is 0 Å². The van der Waals surface area contributed by atoms with E-state index in [1.54, 1.807) is 0 Å². The number of morpholine rings is 1. The number of rotatable bonds is 3. The molecule has 0 radical (unpaired) electrons. The summed E-state index contributed by atoms with van der Waals surface area (Å²) in [4.78, 5) is 14.3. The lowest BCUT2D eigenvalue weighted by atomic mass is 10.3. The van der Waals surface area contributed by atoms with E-state index in [1.807, 2.05) is 18.7 Å². The third-order valence-corrected chi connectivity index (χ3v) is 2.42. The highest BCUT2D eigenvalue weighted by molar-refractivity contribution is 5.36. The van der Waals surface area contributed by atoms with Gasteiger partial charge in [0.2, 0.25) is 11.9 Å². The van der Waals surface area contributed by atoms with E-state index in [0.717, 1.165) is 13.1 Å². The number of hydrogen-bond acceptors (Lipinski definition) is 7. The molecule has 2 N–H and O–H groups in total. The molecule has 2 rings (SSSR count). The lowest BCUT2D eigenvalue weighted by molar-refractivity contribution is 0.0525. The predicted octanol–water partition coefficient (Wildman–Crippen LogP) is 0.0776. The van der Waals surface area contributed by atoms with Crippen LogP contribution in [0.4, 0.5) is 11.9 Å². The van der Waals surface area contributed by atoms with Crippen molar-refractivity contribution in [3.63, 3.8) is 0 Å². The van der Waals surface area contributed by atoms with Crippen molar-refractivity contribution >= 4 is 11.9 Å². The Balaban J connectivity index is 2.18. The van der Waals surface area contributed by atoms with Crippen LogP contribution in [0.1, 0.15) is 13.8 Å². The van der Waals surface area contributed by atoms with E-state index in [9.17, 15) is 0 Å². The first-order valence-corrected chi connectivity index (χ1v) is 5.70. The monoisotopic (exact) mass is 239 g/mol. The average molecular weight is 239 g/mol. The van der Waals surface area contributed by atoms with Gasteiger partial charge in [-0.05, 0) is 13.8 Å². The van der Waals surface area contributed by atoms with Crippen molar-refractivity contribution < 1.29 is 9.47 Å². The zero-order valence-corrected chi connectivity index (χ0v) is 10.1. The van der Waals surface area contributed by atoms with Crippen LogP contribution < -0.4 is 15.4 Å². The predicted molar refractivity (Wildman–Crippen MR) is 63.0 cm³/mol. The molecule has 1 aliphatic heterocycles. The Kier molecular flexibility index (Phi) is 3.58. The maximum absolute atomic E-state index is 5.63. The van der Waals surface area contributed by atoms with Crippen molar-refractivity contribution in [1.82, 2.24) is 15.0 Å². The van der Waals surface area contributed by atoms with Gasteiger partial charge in [0.25, 0.3) is 0 Å². The Hall–Kier alpha value is -1.63. The van der Waals surface area contributed by atoms with Gasteiger partial charge in [-0.2, -0.15) is 15.0 Å². The molecule has 0 aromatic carbocycles. The molecule has 94 valence electrons. The van der Waals surface area contributed by atoms with Gasteiger partial charge >= 0.3 is 6.01 Å². The molecular weight excluding hydrogens is 222 g/mol. The summed E-state index contributed by atoms with van der Waals surface area (Å²) < 4.78 is 10.7. The molecule has 0 saturated carbocycles. The zero-order chi connectivity index (χ0) is 12.3. The smallest absolute Gasteiger partial charge is 0.323 e. The second kappa shape index (κ2) is 5.13. The second-order valence-electron chi connectivity index (χ2n) is 3.84. The summed E-state index contributed by atoms with van der Waals surface area (Å²) in [5, 5.41) is 0. The molecule has 1 atom stereocenters. The van der Waals surface area contributed by atoms with Crippen LogP contribution in [-0.2, 0) is 4.74 Å². The minimum atomic E-state index is 0.164. The molecule has 17 heavy (non-hydrogen) atoms. The van der Waals surface area contributed by atoms with Gasteiger partial charge in [-0.15, -0.1) is 0 Å². The minimum Gasteiger partial charge on any atom is -0.464 e. The fraction of sp³-hybridized carbons (Fsp3) is 0.700. The van der Waals surface area contributed by atoms with Crippen LogP contribution in [-0.4, -0.2) is 47.4 Å². The third kappa shape index (κ3) is 2.94. The van der Waals surface area contributed by atoms with Crippen LogP contribution in [0.5, 0.6) is 6.01 Å². The summed E-state index contributed by atoms with van der Waals surface area (Å²) in [6, 6.07) is 0.272. The summed E-state index contributed by atoms with van der Waals surface area (Å²) in [7, 11) is 0. The number of nitrogens with zero attached hydrogens (tertiary/aromatic N) is 4. The number of nitrogens with two attached hydrogens (primary N) is 1. The van der Waals surface area contributed by atoms with Crippen molar-refractivity contribution in [2.75, 3.05) is 36.9 Å². The molecule has 0 amide bonds. The average Bonchev–Trinajstić information content (AvgIpc) is 2.28. The van der Waals surface area contributed by atoms with E-state index in [2.05, 4.69) is 15.0 Å². The first-order chi connectivity index (χ1) is 8.19. The van der Waals surface area contributed by atoms with E-state index in [1.165, 1.54) is 0 Å². The fourth-order valence-electron chi connectivity index (χ4n) is 1.70. The van der Waals surface area contributed by atoms with Gasteiger partial charge in [0.1, 0.15) is 0 Å². The molecule has 0 aliphatic carbocycles. The summed E-state index contributed by atoms with van der Waals surface area (Å²) in [5.41, 5.74) is 5.63. The van der Waals surface area contributed by atoms with Crippen LogP contribution >= 0.6 is 0 Å². The molecule has 7 heteroatoms.